The third kappa shape index (κ3) is 50.6. The average Bonchev–Trinajstić information content (AvgIpc) is 3.31. The number of carbonyl (C=O) groups excluding carboxylic acids is 2. The minimum atomic E-state index is -4.39. The number of esters is 2. The molecule has 0 aromatic rings. The zero-order chi connectivity index (χ0) is 48.1. The monoisotopic (exact) mass is 944 g/mol. The van der Waals surface area contributed by atoms with Crippen LogP contribution in [0.2, 0.25) is 0 Å². The number of rotatable bonds is 49. The zero-order valence-corrected chi connectivity index (χ0v) is 43.0. The second kappa shape index (κ2) is 51.6. The lowest BCUT2D eigenvalue weighted by Crippen LogP contribution is -2.29. The summed E-state index contributed by atoms with van der Waals surface area (Å²) in [5.74, 6) is -0.844. The highest BCUT2D eigenvalue weighted by Crippen LogP contribution is 2.43. The van der Waals surface area contributed by atoms with Gasteiger partial charge in [0.2, 0.25) is 0 Å². The third-order valence-electron chi connectivity index (χ3n) is 11.0. The standard InChI is InChI=1S/C56H98NO8P/c1-3-5-7-9-11-13-15-17-19-21-22-23-24-25-26-27-28-29-30-31-32-33-35-37-39-41-43-45-47-49-56(59)65-54(53-64-66(60,61)63-51-50-57)52-62-55(58)48-46-44-42-40-38-36-34-20-18-16-14-12-10-8-6-4-2/h5,7,11,13,17,19-20,22-23,25-26,28-29,34,54H,3-4,6,8-10,12,14-16,18,21,24,27,30-33,35-53,57H2,1-2H3,(H,60,61)/b7-5-,13-11-,19-17-,23-22-,26-25-,29-28-,34-20-. The lowest BCUT2D eigenvalue weighted by Gasteiger charge is -2.19. The molecule has 0 saturated carbocycles. The first-order chi connectivity index (χ1) is 32.3. The summed E-state index contributed by atoms with van der Waals surface area (Å²) >= 11 is 0. The number of hydrogen-bond acceptors (Lipinski definition) is 8. The van der Waals surface area contributed by atoms with Crippen LogP contribution in [0, 0.1) is 0 Å². The zero-order valence-electron chi connectivity index (χ0n) is 42.2. The summed E-state index contributed by atoms with van der Waals surface area (Å²) in [6.07, 6.45) is 66.2. The van der Waals surface area contributed by atoms with Crippen molar-refractivity contribution in [2.24, 2.45) is 5.73 Å². The van der Waals surface area contributed by atoms with Gasteiger partial charge in [0.1, 0.15) is 6.61 Å². The number of carbonyl (C=O) groups is 2. The lowest BCUT2D eigenvalue weighted by atomic mass is 10.0. The van der Waals surface area contributed by atoms with Gasteiger partial charge in [-0.25, -0.2) is 4.57 Å². The Morgan fingerprint density at radius 1 is 0.470 bits per heavy atom. The summed E-state index contributed by atoms with van der Waals surface area (Å²) in [4.78, 5) is 35.1. The maximum absolute atomic E-state index is 12.7. The van der Waals surface area contributed by atoms with Gasteiger partial charge in [-0.05, 0) is 89.9 Å². The number of phosphoric ester groups is 1. The van der Waals surface area contributed by atoms with Gasteiger partial charge in [0.25, 0.3) is 0 Å². The predicted molar refractivity (Wildman–Crippen MR) is 279 cm³/mol. The van der Waals surface area contributed by atoms with Gasteiger partial charge in [-0.2, -0.15) is 0 Å². The van der Waals surface area contributed by atoms with Crippen LogP contribution in [0.5, 0.6) is 0 Å². The number of allylic oxidation sites excluding steroid dienone is 14. The van der Waals surface area contributed by atoms with Gasteiger partial charge in [-0.1, -0.05) is 208 Å². The van der Waals surface area contributed by atoms with Gasteiger partial charge in [0, 0.05) is 19.4 Å². The van der Waals surface area contributed by atoms with Crippen LogP contribution >= 0.6 is 7.82 Å². The van der Waals surface area contributed by atoms with Crippen LogP contribution < -0.4 is 5.73 Å². The predicted octanol–water partition coefficient (Wildman–Crippen LogP) is 16.3. The van der Waals surface area contributed by atoms with Crippen molar-refractivity contribution in [2.75, 3.05) is 26.4 Å². The van der Waals surface area contributed by atoms with E-state index < -0.39 is 32.5 Å². The van der Waals surface area contributed by atoms with Crippen molar-refractivity contribution < 1.29 is 37.6 Å². The molecule has 380 valence electrons. The van der Waals surface area contributed by atoms with E-state index in [0.29, 0.717) is 6.42 Å². The summed E-state index contributed by atoms with van der Waals surface area (Å²) in [5.41, 5.74) is 5.37. The molecule has 0 rings (SSSR count). The quantitative estimate of drug-likeness (QED) is 0.0265. The molecule has 0 saturated heterocycles. The van der Waals surface area contributed by atoms with E-state index in [4.69, 9.17) is 24.3 Å². The number of nitrogens with two attached hydrogens (primary N) is 1. The van der Waals surface area contributed by atoms with Gasteiger partial charge >= 0.3 is 19.8 Å². The molecule has 0 radical (unpaired) electrons. The summed E-state index contributed by atoms with van der Waals surface area (Å²) in [6.45, 7) is 3.61. The highest BCUT2D eigenvalue weighted by atomic mass is 31.2. The van der Waals surface area contributed by atoms with Crippen molar-refractivity contribution in [1.82, 2.24) is 0 Å². The minimum Gasteiger partial charge on any atom is -0.462 e. The Morgan fingerprint density at radius 3 is 1.26 bits per heavy atom. The first-order valence-electron chi connectivity index (χ1n) is 26.6. The van der Waals surface area contributed by atoms with Crippen molar-refractivity contribution in [3.05, 3.63) is 85.1 Å². The minimum absolute atomic E-state index is 0.0483. The summed E-state index contributed by atoms with van der Waals surface area (Å²) in [5, 5.41) is 0. The van der Waals surface area contributed by atoms with Gasteiger partial charge in [-0.3, -0.25) is 18.6 Å². The summed E-state index contributed by atoms with van der Waals surface area (Å²) < 4.78 is 32.9. The topological polar surface area (TPSA) is 134 Å². The molecule has 2 atom stereocenters. The van der Waals surface area contributed by atoms with E-state index in [1.54, 1.807) is 0 Å². The first-order valence-corrected chi connectivity index (χ1v) is 28.1. The van der Waals surface area contributed by atoms with E-state index in [-0.39, 0.29) is 32.6 Å². The molecule has 2 unspecified atom stereocenters. The maximum Gasteiger partial charge on any atom is 0.472 e. The van der Waals surface area contributed by atoms with E-state index in [9.17, 15) is 19.0 Å². The second-order valence-corrected chi connectivity index (χ2v) is 18.8. The second-order valence-electron chi connectivity index (χ2n) is 17.4. The van der Waals surface area contributed by atoms with Gasteiger partial charge in [0.15, 0.2) is 6.10 Å². The van der Waals surface area contributed by atoms with Gasteiger partial charge in [-0.15, -0.1) is 0 Å². The number of phosphoric acid groups is 1. The molecule has 0 aromatic heterocycles. The number of unbranched alkanes of at least 4 members (excludes halogenated alkanes) is 22. The van der Waals surface area contributed by atoms with Crippen LogP contribution in [-0.4, -0.2) is 49.3 Å². The van der Waals surface area contributed by atoms with Crippen LogP contribution in [0.1, 0.15) is 226 Å². The molecule has 10 heteroatoms. The molecule has 0 heterocycles. The fourth-order valence-corrected chi connectivity index (χ4v) is 7.87. The van der Waals surface area contributed by atoms with Gasteiger partial charge < -0.3 is 20.1 Å². The van der Waals surface area contributed by atoms with Crippen molar-refractivity contribution >= 4 is 19.8 Å². The highest BCUT2D eigenvalue weighted by Gasteiger charge is 2.26. The fourth-order valence-electron chi connectivity index (χ4n) is 7.10. The fraction of sp³-hybridized carbons (Fsp3) is 0.714. The van der Waals surface area contributed by atoms with E-state index in [0.717, 1.165) is 103 Å². The molecule has 9 nitrogen and oxygen atoms in total. The number of ether oxygens (including phenoxy) is 2. The first kappa shape index (κ1) is 63.2. The lowest BCUT2D eigenvalue weighted by molar-refractivity contribution is -0.161. The van der Waals surface area contributed by atoms with Crippen LogP contribution in [0.4, 0.5) is 0 Å². The average molecular weight is 944 g/mol. The van der Waals surface area contributed by atoms with Gasteiger partial charge in [0.05, 0.1) is 13.2 Å². The SMILES string of the molecule is CC/C=C\C/C=C\C/C=C\C/C=C\C/C=C\C/C=C\CCCCCCCCCCCCC(=O)OC(COC(=O)CCCCCCC/C=C\CCCCCCCCC)COP(=O)(O)OCCN. The molecule has 0 aliphatic rings. The van der Waals surface area contributed by atoms with E-state index in [2.05, 4.69) is 98.9 Å². The molecule has 66 heavy (non-hydrogen) atoms. The molecular formula is C56H98NO8P. The van der Waals surface area contributed by atoms with E-state index in [1.807, 2.05) is 0 Å². The molecule has 0 aromatic carbocycles. The Labute approximate surface area is 404 Å². The Morgan fingerprint density at radius 2 is 0.833 bits per heavy atom. The van der Waals surface area contributed by atoms with E-state index in [1.165, 1.54) is 89.9 Å². The maximum atomic E-state index is 12.7. The van der Waals surface area contributed by atoms with Crippen molar-refractivity contribution in [3.8, 4) is 0 Å². The molecule has 0 aliphatic carbocycles. The molecular weight excluding hydrogens is 846 g/mol. The van der Waals surface area contributed by atoms with Crippen LogP contribution in [0.3, 0.4) is 0 Å². The van der Waals surface area contributed by atoms with Crippen molar-refractivity contribution in [1.29, 1.82) is 0 Å². The molecule has 0 spiro atoms. The largest absolute Gasteiger partial charge is 0.472 e. The Hall–Kier alpha value is -2.81. The Balaban J connectivity index is 4.04. The summed E-state index contributed by atoms with van der Waals surface area (Å²) in [7, 11) is -4.39. The van der Waals surface area contributed by atoms with Crippen molar-refractivity contribution in [2.45, 2.75) is 232 Å². The summed E-state index contributed by atoms with van der Waals surface area (Å²) in [6, 6.07) is 0. The molecule has 0 bridgehead atoms. The Bertz CT molecular complexity index is 1350. The van der Waals surface area contributed by atoms with Crippen molar-refractivity contribution in [3.63, 3.8) is 0 Å². The molecule has 0 aliphatic heterocycles. The number of hydrogen-bond donors (Lipinski definition) is 2. The van der Waals surface area contributed by atoms with Crippen LogP contribution in [0.15, 0.2) is 85.1 Å². The Kier molecular flexibility index (Phi) is 49.4. The van der Waals surface area contributed by atoms with E-state index >= 15 is 0 Å². The normalized spacial score (nSPS) is 13.8. The molecule has 0 fully saturated rings. The molecule has 0 amide bonds. The third-order valence-corrected chi connectivity index (χ3v) is 12.0. The van der Waals surface area contributed by atoms with Crippen LogP contribution in [0.25, 0.3) is 0 Å². The smallest absolute Gasteiger partial charge is 0.462 e. The highest BCUT2D eigenvalue weighted by molar-refractivity contribution is 7.47. The van der Waals surface area contributed by atoms with Crippen LogP contribution in [-0.2, 0) is 32.7 Å². The molecule has 3 N–H and O–H groups in total.